The molecule has 0 saturated carbocycles. The Bertz CT molecular complexity index is 810. The monoisotopic (exact) mass is 352 g/mol. The zero-order valence-electron chi connectivity index (χ0n) is 15.8. The van der Waals surface area contributed by atoms with E-state index in [0.717, 1.165) is 22.5 Å². The maximum Gasteiger partial charge on any atom is 0.0715 e. The molecule has 3 aromatic carbocycles. The third kappa shape index (κ3) is 4.90. The van der Waals surface area contributed by atoms with Crippen LogP contribution in [0.2, 0.25) is 0 Å². The van der Waals surface area contributed by atoms with Crippen molar-refractivity contribution >= 4 is 0 Å². The van der Waals surface area contributed by atoms with Crippen LogP contribution in [-0.4, -0.2) is 19.1 Å². The van der Waals surface area contributed by atoms with Gasteiger partial charge in [-0.05, 0) is 37.4 Å². The van der Waals surface area contributed by atoms with Crippen molar-refractivity contribution < 1.29 is 0 Å². The Morgan fingerprint density at radius 1 is 0.481 bits per heavy atom. The highest BCUT2D eigenvalue weighted by atomic mass is 14.7. The topological polar surface area (TPSA) is 24.9 Å². The molecule has 1 aromatic heterocycles. The van der Waals surface area contributed by atoms with E-state index in [2.05, 4.69) is 66.0 Å². The summed E-state index contributed by atoms with van der Waals surface area (Å²) in [5, 5.41) is 2.75. The van der Waals surface area contributed by atoms with Gasteiger partial charge in [0, 0.05) is 11.1 Å². The zero-order valence-corrected chi connectivity index (χ0v) is 15.8. The number of hydrogen-bond donors (Lipinski definition) is 1. The van der Waals surface area contributed by atoms with E-state index in [1.54, 1.807) is 0 Å². The molecule has 0 bridgehead atoms. The molecule has 0 radical (unpaired) electrons. The highest BCUT2D eigenvalue weighted by molar-refractivity contribution is 5.76. The Hall–Kier alpha value is -3.23. The van der Waals surface area contributed by atoms with Crippen molar-refractivity contribution in [2.75, 3.05) is 14.1 Å². The van der Waals surface area contributed by atoms with E-state index in [4.69, 9.17) is 4.98 Å². The molecule has 4 rings (SSSR count). The summed E-state index contributed by atoms with van der Waals surface area (Å²) in [6, 6.07) is 35.5. The number of pyridine rings is 1. The standard InChI is InChI=1S/C23H17N.C2H7N/c1-4-10-18(11-5-1)21-16-22(19-12-6-2-7-13-19)24-23(17-21)20-14-8-3-9-15-20;1-3-2/h1-17H;3H,1-2H3. The molecule has 0 aliphatic heterocycles. The average Bonchev–Trinajstić information content (AvgIpc) is 2.76. The molecule has 2 nitrogen and oxygen atoms in total. The number of aromatic nitrogens is 1. The predicted molar refractivity (Wildman–Crippen MR) is 116 cm³/mol. The summed E-state index contributed by atoms with van der Waals surface area (Å²) in [6.07, 6.45) is 0. The molecule has 134 valence electrons. The second kappa shape index (κ2) is 9.46. The minimum atomic E-state index is 0.996. The van der Waals surface area contributed by atoms with Crippen LogP contribution in [0.4, 0.5) is 0 Å². The third-order valence-electron chi connectivity index (χ3n) is 4.07. The van der Waals surface area contributed by atoms with E-state index >= 15 is 0 Å². The van der Waals surface area contributed by atoms with Gasteiger partial charge in [0.15, 0.2) is 0 Å². The molecule has 0 aliphatic carbocycles. The number of benzene rings is 3. The van der Waals surface area contributed by atoms with E-state index in [1.807, 2.05) is 56.6 Å². The van der Waals surface area contributed by atoms with Gasteiger partial charge in [-0.1, -0.05) is 91.0 Å². The zero-order chi connectivity index (χ0) is 18.9. The summed E-state index contributed by atoms with van der Waals surface area (Å²) in [6.45, 7) is 0. The Kier molecular flexibility index (Phi) is 6.50. The number of rotatable bonds is 3. The molecule has 0 saturated heterocycles. The molecule has 27 heavy (non-hydrogen) atoms. The molecule has 0 spiro atoms. The number of nitrogens with zero attached hydrogens (tertiary/aromatic N) is 1. The van der Waals surface area contributed by atoms with E-state index < -0.39 is 0 Å². The molecule has 0 aliphatic rings. The van der Waals surface area contributed by atoms with Gasteiger partial charge < -0.3 is 5.32 Å². The van der Waals surface area contributed by atoms with Crippen molar-refractivity contribution in [3.05, 3.63) is 103 Å². The summed E-state index contributed by atoms with van der Waals surface area (Å²) in [7, 11) is 3.75. The first-order valence-electron chi connectivity index (χ1n) is 9.08. The van der Waals surface area contributed by atoms with Crippen molar-refractivity contribution in [3.63, 3.8) is 0 Å². The van der Waals surface area contributed by atoms with Crippen LogP contribution in [0.1, 0.15) is 0 Å². The molecule has 0 atom stereocenters. The van der Waals surface area contributed by atoms with Gasteiger partial charge in [-0.15, -0.1) is 0 Å². The smallest absolute Gasteiger partial charge is 0.0715 e. The highest BCUT2D eigenvalue weighted by Crippen LogP contribution is 2.29. The number of hydrogen-bond acceptors (Lipinski definition) is 2. The van der Waals surface area contributed by atoms with E-state index in [-0.39, 0.29) is 0 Å². The predicted octanol–water partition coefficient (Wildman–Crippen LogP) is 5.92. The Balaban J connectivity index is 0.000000659. The highest BCUT2D eigenvalue weighted by Gasteiger charge is 2.08. The summed E-state index contributed by atoms with van der Waals surface area (Å²) in [5.74, 6) is 0. The molecular formula is C25H24N2. The van der Waals surface area contributed by atoms with E-state index in [1.165, 1.54) is 11.1 Å². The van der Waals surface area contributed by atoms with Crippen molar-refractivity contribution in [1.82, 2.24) is 10.3 Å². The Labute approximate surface area is 161 Å². The maximum absolute atomic E-state index is 4.90. The van der Waals surface area contributed by atoms with Crippen LogP contribution in [-0.2, 0) is 0 Å². The van der Waals surface area contributed by atoms with E-state index in [0.29, 0.717) is 0 Å². The molecule has 0 unspecified atom stereocenters. The van der Waals surface area contributed by atoms with Gasteiger partial charge >= 0.3 is 0 Å². The quantitative estimate of drug-likeness (QED) is 0.495. The average molecular weight is 352 g/mol. The Morgan fingerprint density at radius 3 is 1.19 bits per heavy atom. The van der Waals surface area contributed by atoms with Crippen molar-refractivity contribution in [2.45, 2.75) is 0 Å². The summed E-state index contributed by atoms with van der Waals surface area (Å²) >= 11 is 0. The summed E-state index contributed by atoms with van der Waals surface area (Å²) in [4.78, 5) is 4.90. The van der Waals surface area contributed by atoms with Gasteiger partial charge in [0.05, 0.1) is 11.4 Å². The van der Waals surface area contributed by atoms with Crippen molar-refractivity contribution in [1.29, 1.82) is 0 Å². The molecule has 4 aromatic rings. The lowest BCUT2D eigenvalue weighted by molar-refractivity contribution is 1.02. The first kappa shape index (κ1) is 18.6. The lowest BCUT2D eigenvalue weighted by Gasteiger charge is -2.10. The van der Waals surface area contributed by atoms with Gasteiger partial charge in [0.25, 0.3) is 0 Å². The summed E-state index contributed by atoms with van der Waals surface area (Å²) < 4.78 is 0. The van der Waals surface area contributed by atoms with Crippen LogP contribution in [0, 0.1) is 0 Å². The molecule has 1 heterocycles. The number of nitrogens with one attached hydrogen (secondary N) is 1. The van der Waals surface area contributed by atoms with Crippen LogP contribution in [0.5, 0.6) is 0 Å². The second-order valence-electron chi connectivity index (χ2n) is 6.22. The fourth-order valence-corrected chi connectivity index (χ4v) is 2.84. The van der Waals surface area contributed by atoms with E-state index in [9.17, 15) is 0 Å². The fourth-order valence-electron chi connectivity index (χ4n) is 2.84. The lowest BCUT2D eigenvalue weighted by Crippen LogP contribution is -1.90. The van der Waals surface area contributed by atoms with Crippen molar-refractivity contribution in [3.8, 4) is 33.6 Å². The first-order chi connectivity index (χ1) is 13.3. The summed E-state index contributed by atoms with van der Waals surface area (Å²) in [5.41, 5.74) is 6.64. The molecule has 0 amide bonds. The third-order valence-corrected chi connectivity index (χ3v) is 4.07. The second-order valence-corrected chi connectivity index (χ2v) is 6.22. The molecule has 0 fully saturated rings. The van der Waals surface area contributed by atoms with Crippen molar-refractivity contribution in [2.24, 2.45) is 0 Å². The lowest BCUT2D eigenvalue weighted by atomic mass is 10.00. The van der Waals surface area contributed by atoms with Crippen LogP contribution in [0.15, 0.2) is 103 Å². The fraction of sp³-hybridized carbons (Fsp3) is 0.0800. The SMILES string of the molecule is CNC.c1ccc(-c2cc(-c3ccccc3)nc(-c3ccccc3)c2)cc1. The maximum atomic E-state index is 4.90. The van der Waals surface area contributed by atoms with Gasteiger partial charge in [-0.25, -0.2) is 4.98 Å². The first-order valence-corrected chi connectivity index (χ1v) is 9.08. The molecular weight excluding hydrogens is 328 g/mol. The van der Waals surface area contributed by atoms with Gasteiger partial charge in [-0.3, -0.25) is 0 Å². The van der Waals surface area contributed by atoms with Gasteiger partial charge in [0.2, 0.25) is 0 Å². The van der Waals surface area contributed by atoms with Gasteiger partial charge in [0.1, 0.15) is 0 Å². The largest absolute Gasteiger partial charge is 0.323 e. The molecule has 2 heteroatoms. The minimum Gasteiger partial charge on any atom is -0.323 e. The normalized spacial score (nSPS) is 10.0. The van der Waals surface area contributed by atoms with Crippen LogP contribution in [0.25, 0.3) is 33.6 Å². The van der Waals surface area contributed by atoms with Crippen LogP contribution < -0.4 is 5.32 Å². The molecule has 1 N–H and O–H groups in total. The minimum absolute atomic E-state index is 0.996. The Morgan fingerprint density at radius 2 is 0.815 bits per heavy atom. The van der Waals surface area contributed by atoms with Crippen LogP contribution in [0.3, 0.4) is 0 Å². The van der Waals surface area contributed by atoms with Crippen LogP contribution >= 0.6 is 0 Å². The van der Waals surface area contributed by atoms with Gasteiger partial charge in [-0.2, -0.15) is 0 Å².